The van der Waals surface area contributed by atoms with E-state index in [0.29, 0.717) is 18.9 Å². The van der Waals surface area contributed by atoms with Crippen LogP contribution in [0.3, 0.4) is 0 Å². The van der Waals surface area contributed by atoms with Gasteiger partial charge in [0, 0.05) is 11.8 Å². The van der Waals surface area contributed by atoms with Gasteiger partial charge in [-0.05, 0) is 63.7 Å². The predicted octanol–water partition coefficient (Wildman–Crippen LogP) is 5.26. The van der Waals surface area contributed by atoms with Crippen molar-refractivity contribution in [1.82, 2.24) is 25.6 Å². The third-order valence-electron chi connectivity index (χ3n) is 5.76. The Morgan fingerprint density at radius 3 is 2.67 bits per heavy atom. The van der Waals surface area contributed by atoms with E-state index in [0.717, 1.165) is 34.6 Å². The number of nitrogens with zero attached hydrogens (tertiary/aromatic N) is 4. The van der Waals surface area contributed by atoms with Crippen LogP contribution >= 0.6 is 0 Å². The number of benzene rings is 3. The van der Waals surface area contributed by atoms with E-state index >= 15 is 0 Å². The van der Waals surface area contributed by atoms with Gasteiger partial charge in [-0.25, -0.2) is 10.1 Å². The van der Waals surface area contributed by atoms with Gasteiger partial charge in [-0.1, -0.05) is 67.6 Å². The number of rotatable bonds is 8. The largest absolute Gasteiger partial charge is 0.487 e. The minimum absolute atomic E-state index is 0.371. The molecule has 3 aromatic carbocycles. The van der Waals surface area contributed by atoms with E-state index in [1.54, 1.807) is 0 Å². The van der Waals surface area contributed by atoms with E-state index < -0.39 is 0 Å². The van der Waals surface area contributed by atoms with Gasteiger partial charge in [0.25, 0.3) is 0 Å². The molecule has 2 heterocycles. The number of H-pyrrole nitrogens is 1. The monoisotopic (exact) mass is 435 g/mol. The topological polar surface area (TPSA) is 76.6 Å². The first-order valence-corrected chi connectivity index (χ1v) is 11.1. The Bertz CT molecular complexity index is 1350. The van der Waals surface area contributed by atoms with E-state index in [9.17, 15) is 0 Å². The Kier molecular flexibility index (Phi) is 6.06. The predicted molar refractivity (Wildman–Crippen MR) is 128 cm³/mol. The number of aromatic nitrogens is 5. The van der Waals surface area contributed by atoms with Crippen LogP contribution in [0.4, 0.5) is 0 Å². The number of nitrogens with one attached hydrogen (secondary N) is 1. The second kappa shape index (κ2) is 9.61. The molecule has 5 aromatic rings. The SMILES string of the molecule is CC(Cc1cccc(OCc2ccc3ccccc3n2)c1)c1cccc(Cc2nnn[nH]2)c1. The summed E-state index contributed by atoms with van der Waals surface area (Å²) in [7, 11) is 0. The minimum Gasteiger partial charge on any atom is -0.487 e. The van der Waals surface area contributed by atoms with Gasteiger partial charge in [0.2, 0.25) is 0 Å². The molecule has 0 bridgehead atoms. The number of hydrogen-bond acceptors (Lipinski definition) is 5. The molecule has 33 heavy (non-hydrogen) atoms. The highest BCUT2D eigenvalue weighted by Crippen LogP contribution is 2.24. The maximum atomic E-state index is 6.06. The van der Waals surface area contributed by atoms with Crippen LogP contribution in [0, 0.1) is 0 Å². The molecule has 5 rings (SSSR count). The van der Waals surface area contributed by atoms with Crippen LogP contribution in [-0.2, 0) is 19.4 Å². The van der Waals surface area contributed by atoms with E-state index in [1.165, 1.54) is 16.7 Å². The second-order valence-corrected chi connectivity index (χ2v) is 8.31. The smallest absolute Gasteiger partial charge is 0.152 e. The van der Waals surface area contributed by atoms with E-state index in [4.69, 9.17) is 9.72 Å². The van der Waals surface area contributed by atoms with Crippen molar-refractivity contribution in [3.63, 3.8) is 0 Å². The van der Waals surface area contributed by atoms with Gasteiger partial charge in [-0.2, -0.15) is 0 Å². The van der Waals surface area contributed by atoms with Crippen molar-refractivity contribution in [2.24, 2.45) is 0 Å². The fourth-order valence-corrected chi connectivity index (χ4v) is 4.04. The average Bonchev–Trinajstić information content (AvgIpc) is 3.36. The molecule has 164 valence electrons. The summed E-state index contributed by atoms with van der Waals surface area (Å²) in [6.45, 7) is 2.70. The standard InChI is InChI=1S/C27H25N5O/c1-19(23-9-4-6-21(15-23)17-27-29-31-32-30-27)14-20-7-5-10-25(16-20)33-18-24-13-12-22-8-2-3-11-26(22)28-24/h2-13,15-16,19H,14,17-18H2,1H3,(H,29,30,31,32). The molecule has 6 nitrogen and oxygen atoms in total. The Hall–Kier alpha value is -4.06. The zero-order valence-corrected chi connectivity index (χ0v) is 18.5. The van der Waals surface area contributed by atoms with Crippen LogP contribution in [0.15, 0.2) is 84.9 Å². The van der Waals surface area contributed by atoms with Crippen molar-refractivity contribution in [3.05, 3.63) is 113 Å². The third-order valence-corrected chi connectivity index (χ3v) is 5.76. The molecule has 0 radical (unpaired) electrons. The number of hydrogen-bond donors (Lipinski definition) is 1. The van der Waals surface area contributed by atoms with E-state index in [2.05, 4.69) is 82.1 Å². The van der Waals surface area contributed by atoms with Gasteiger partial charge >= 0.3 is 0 Å². The van der Waals surface area contributed by atoms with Crippen molar-refractivity contribution in [2.75, 3.05) is 0 Å². The molecular weight excluding hydrogens is 410 g/mol. The summed E-state index contributed by atoms with van der Waals surface area (Å²) < 4.78 is 6.06. The summed E-state index contributed by atoms with van der Waals surface area (Å²) in [5.41, 5.74) is 5.65. The van der Waals surface area contributed by atoms with Crippen LogP contribution in [0.5, 0.6) is 5.75 Å². The molecule has 0 aliphatic carbocycles. The van der Waals surface area contributed by atoms with Crippen molar-refractivity contribution in [2.45, 2.75) is 32.3 Å². The summed E-state index contributed by atoms with van der Waals surface area (Å²) in [5.74, 6) is 2.00. The first-order chi connectivity index (χ1) is 16.2. The minimum atomic E-state index is 0.371. The van der Waals surface area contributed by atoms with Crippen LogP contribution in [0.25, 0.3) is 10.9 Å². The fourth-order valence-electron chi connectivity index (χ4n) is 4.04. The number of tetrazole rings is 1. The van der Waals surface area contributed by atoms with Crippen molar-refractivity contribution in [1.29, 1.82) is 0 Å². The van der Waals surface area contributed by atoms with Crippen LogP contribution < -0.4 is 4.74 Å². The Morgan fingerprint density at radius 1 is 0.879 bits per heavy atom. The third kappa shape index (κ3) is 5.23. The van der Waals surface area contributed by atoms with E-state index in [1.807, 2.05) is 30.3 Å². The molecule has 0 aliphatic rings. The first kappa shape index (κ1) is 20.8. The molecular formula is C27H25N5O. The molecule has 1 atom stereocenters. The number of para-hydroxylation sites is 1. The maximum absolute atomic E-state index is 6.06. The quantitative estimate of drug-likeness (QED) is 0.360. The van der Waals surface area contributed by atoms with Crippen LogP contribution in [-0.4, -0.2) is 25.6 Å². The summed E-state index contributed by atoms with van der Waals surface area (Å²) in [6.07, 6.45) is 1.62. The second-order valence-electron chi connectivity index (χ2n) is 8.31. The molecule has 6 heteroatoms. The van der Waals surface area contributed by atoms with Crippen molar-refractivity contribution in [3.8, 4) is 5.75 Å². The molecule has 0 spiro atoms. The zero-order chi connectivity index (χ0) is 22.5. The molecule has 1 N–H and O–H groups in total. The van der Waals surface area contributed by atoms with Gasteiger partial charge in [0.15, 0.2) is 5.82 Å². The van der Waals surface area contributed by atoms with Crippen molar-refractivity contribution < 1.29 is 4.74 Å². The lowest BCUT2D eigenvalue weighted by atomic mass is 9.92. The summed E-state index contributed by atoms with van der Waals surface area (Å²) in [4.78, 5) is 4.70. The molecule has 1 unspecified atom stereocenters. The Labute approximate surface area is 192 Å². The number of fused-ring (bicyclic) bond motifs is 1. The normalized spacial score (nSPS) is 12.0. The zero-order valence-electron chi connectivity index (χ0n) is 18.5. The summed E-state index contributed by atoms with van der Waals surface area (Å²) >= 11 is 0. The molecule has 0 fully saturated rings. The number of aromatic amines is 1. The van der Waals surface area contributed by atoms with Gasteiger partial charge in [0.1, 0.15) is 12.4 Å². The Balaban J connectivity index is 1.23. The molecule has 0 aliphatic heterocycles. The van der Waals surface area contributed by atoms with Gasteiger partial charge in [-0.3, -0.25) is 0 Å². The molecule has 0 saturated heterocycles. The van der Waals surface area contributed by atoms with Crippen LogP contribution in [0.1, 0.15) is 41.1 Å². The molecule has 0 amide bonds. The molecule has 0 saturated carbocycles. The number of pyridine rings is 1. The maximum Gasteiger partial charge on any atom is 0.152 e. The number of ether oxygens (including phenoxy) is 1. The summed E-state index contributed by atoms with van der Waals surface area (Å²) in [5, 5.41) is 15.2. The Morgan fingerprint density at radius 2 is 1.76 bits per heavy atom. The van der Waals surface area contributed by atoms with Crippen molar-refractivity contribution >= 4 is 10.9 Å². The first-order valence-electron chi connectivity index (χ1n) is 11.1. The van der Waals surface area contributed by atoms with Crippen LogP contribution in [0.2, 0.25) is 0 Å². The lowest BCUT2D eigenvalue weighted by Gasteiger charge is -2.14. The summed E-state index contributed by atoms with van der Waals surface area (Å²) in [6, 6.07) is 29.2. The lowest BCUT2D eigenvalue weighted by molar-refractivity contribution is 0.301. The highest BCUT2D eigenvalue weighted by Gasteiger charge is 2.10. The van der Waals surface area contributed by atoms with E-state index in [-0.39, 0.29) is 0 Å². The molecule has 2 aromatic heterocycles. The average molecular weight is 436 g/mol. The fraction of sp³-hybridized carbons (Fsp3) is 0.185. The highest BCUT2D eigenvalue weighted by molar-refractivity contribution is 5.78. The van der Waals surface area contributed by atoms with Gasteiger partial charge < -0.3 is 4.74 Å². The van der Waals surface area contributed by atoms with Gasteiger partial charge in [0.05, 0.1) is 11.2 Å². The highest BCUT2D eigenvalue weighted by atomic mass is 16.5. The lowest BCUT2D eigenvalue weighted by Crippen LogP contribution is -2.02. The van der Waals surface area contributed by atoms with Gasteiger partial charge in [-0.15, -0.1) is 5.10 Å².